The lowest BCUT2D eigenvalue weighted by Crippen LogP contribution is -2.23. The molecular formula is C8H11BrN2O. The van der Waals surface area contributed by atoms with Crippen LogP contribution in [-0.2, 0) is 0 Å². The molecule has 0 saturated heterocycles. The number of hydrogen-bond donors (Lipinski definition) is 2. The number of aromatic nitrogens is 1. The number of nitrogens with two attached hydrogens (primary N) is 1. The van der Waals surface area contributed by atoms with Crippen LogP contribution in [0.2, 0.25) is 0 Å². The van der Waals surface area contributed by atoms with E-state index in [4.69, 9.17) is 10.8 Å². The second-order valence-electron chi connectivity index (χ2n) is 2.67. The predicted octanol–water partition coefficient (Wildman–Crippen LogP) is 1.22. The predicted molar refractivity (Wildman–Crippen MR) is 50.5 cm³/mol. The Kier molecular flexibility index (Phi) is 3.20. The molecule has 0 aliphatic heterocycles. The molecule has 66 valence electrons. The van der Waals surface area contributed by atoms with Crippen LogP contribution >= 0.6 is 15.9 Å². The van der Waals surface area contributed by atoms with Gasteiger partial charge in [0.05, 0.1) is 17.8 Å². The summed E-state index contributed by atoms with van der Waals surface area (Å²) in [7, 11) is 0. The van der Waals surface area contributed by atoms with E-state index in [1.807, 2.05) is 6.07 Å². The van der Waals surface area contributed by atoms with Crippen molar-refractivity contribution in [3.63, 3.8) is 0 Å². The van der Waals surface area contributed by atoms with Gasteiger partial charge < -0.3 is 10.8 Å². The molecule has 4 heteroatoms. The molecule has 0 amide bonds. The SMILES string of the molecule is C[C@H](O)[C@@H](N)c1ccc(Br)cn1. The Morgan fingerprint density at radius 3 is 2.67 bits per heavy atom. The van der Waals surface area contributed by atoms with Gasteiger partial charge in [0.15, 0.2) is 0 Å². The van der Waals surface area contributed by atoms with E-state index in [0.29, 0.717) is 5.69 Å². The Hall–Kier alpha value is -0.450. The highest BCUT2D eigenvalue weighted by atomic mass is 79.9. The van der Waals surface area contributed by atoms with E-state index in [1.165, 1.54) is 0 Å². The number of pyridine rings is 1. The molecule has 0 unspecified atom stereocenters. The van der Waals surface area contributed by atoms with Crippen LogP contribution in [0, 0.1) is 0 Å². The summed E-state index contributed by atoms with van der Waals surface area (Å²) in [4.78, 5) is 4.07. The molecule has 1 rings (SSSR count). The van der Waals surface area contributed by atoms with Crippen molar-refractivity contribution in [1.29, 1.82) is 0 Å². The van der Waals surface area contributed by atoms with Gasteiger partial charge in [0.25, 0.3) is 0 Å². The van der Waals surface area contributed by atoms with Crippen molar-refractivity contribution in [3.8, 4) is 0 Å². The topological polar surface area (TPSA) is 59.1 Å². The van der Waals surface area contributed by atoms with E-state index < -0.39 is 12.1 Å². The van der Waals surface area contributed by atoms with Gasteiger partial charge in [-0.25, -0.2) is 0 Å². The number of aliphatic hydroxyl groups excluding tert-OH is 1. The molecule has 0 saturated carbocycles. The monoisotopic (exact) mass is 230 g/mol. The van der Waals surface area contributed by atoms with Crippen molar-refractivity contribution in [2.75, 3.05) is 0 Å². The number of rotatable bonds is 2. The Morgan fingerprint density at radius 1 is 1.58 bits per heavy atom. The van der Waals surface area contributed by atoms with Crippen LogP contribution in [0.4, 0.5) is 0 Å². The maximum Gasteiger partial charge on any atom is 0.0730 e. The zero-order chi connectivity index (χ0) is 9.14. The summed E-state index contributed by atoms with van der Waals surface area (Å²) in [6.45, 7) is 1.65. The van der Waals surface area contributed by atoms with Crippen LogP contribution in [0.15, 0.2) is 22.8 Å². The van der Waals surface area contributed by atoms with Crippen LogP contribution in [0.25, 0.3) is 0 Å². The number of halogens is 1. The van der Waals surface area contributed by atoms with Crippen LogP contribution < -0.4 is 5.73 Å². The summed E-state index contributed by atoms with van der Waals surface area (Å²) >= 11 is 3.27. The molecule has 3 N–H and O–H groups in total. The molecule has 1 aromatic rings. The Balaban J connectivity index is 2.82. The Bertz CT molecular complexity index is 248. The maximum atomic E-state index is 9.17. The molecule has 2 atom stereocenters. The van der Waals surface area contributed by atoms with Crippen LogP contribution in [0.5, 0.6) is 0 Å². The molecule has 1 heterocycles. The van der Waals surface area contributed by atoms with Crippen molar-refractivity contribution >= 4 is 15.9 Å². The van der Waals surface area contributed by atoms with E-state index in [9.17, 15) is 0 Å². The van der Waals surface area contributed by atoms with Crippen molar-refractivity contribution in [2.24, 2.45) is 5.73 Å². The molecule has 0 aromatic carbocycles. The molecule has 0 spiro atoms. The summed E-state index contributed by atoms with van der Waals surface area (Å²) < 4.78 is 0.907. The molecule has 1 aromatic heterocycles. The number of nitrogens with zero attached hydrogens (tertiary/aromatic N) is 1. The van der Waals surface area contributed by atoms with Gasteiger partial charge in [-0.1, -0.05) is 0 Å². The first kappa shape index (κ1) is 9.64. The normalized spacial score (nSPS) is 15.7. The zero-order valence-electron chi connectivity index (χ0n) is 6.74. The molecular weight excluding hydrogens is 220 g/mol. The lowest BCUT2D eigenvalue weighted by molar-refractivity contribution is 0.162. The largest absolute Gasteiger partial charge is 0.391 e. The van der Waals surface area contributed by atoms with Crippen molar-refractivity contribution in [2.45, 2.75) is 19.1 Å². The van der Waals surface area contributed by atoms with Gasteiger partial charge in [-0.05, 0) is 35.0 Å². The van der Waals surface area contributed by atoms with Gasteiger partial charge in [0.1, 0.15) is 0 Å². The fourth-order valence-corrected chi connectivity index (χ4v) is 1.07. The van der Waals surface area contributed by atoms with Crippen LogP contribution in [0.3, 0.4) is 0 Å². The van der Waals surface area contributed by atoms with Gasteiger partial charge >= 0.3 is 0 Å². The number of aliphatic hydroxyl groups is 1. The van der Waals surface area contributed by atoms with Crippen LogP contribution in [-0.4, -0.2) is 16.2 Å². The third-order valence-corrected chi connectivity index (χ3v) is 2.08. The molecule has 0 fully saturated rings. The van der Waals surface area contributed by atoms with E-state index in [1.54, 1.807) is 19.2 Å². The van der Waals surface area contributed by atoms with E-state index in [0.717, 1.165) is 4.47 Å². The van der Waals surface area contributed by atoms with Crippen molar-refractivity contribution < 1.29 is 5.11 Å². The standard InChI is InChI=1S/C8H11BrN2O/c1-5(12)8(10)7-3-2-6(9)4-11-7/h2-5,8,12H,10H2,1H3/t5-,8+/m0/s1. The number of hydrogen-bond acceptors (Lipinski definition) is 3. The van der Waals surface area contributed by atoms with E-state index in [-0.39, 0.29) is 0 Å². The quantitative estimate of drug-likeness (QED) is 0.804. The first-order valence-electron chi connectivity index (χ1n) is 3.66. The Labute approximate surface area is 79.7 Å². The summed E-state index contributed by atoms with van der Waals surface area (Å²) in [5.41, 5.74) is 6.36. The highest BCUT2D eigenvalue weighted by Gasteiger charge is 2.12. The summed E-state index contributed by atoms with van der Waals surface area (Å²) in [5.74, 6) is 0. The first-order chi connectivity index (χ1) is 5.61. The van der Waals surface area contributed by atoms with Gasteiger partial charge in [-0.15, -0.1) is 0 Å². The average molecular weight is 231 g/mol. The second-order valence-corrected chi connectivity index (χ2v) is 3.58. The third kappa shape index (κ3) is 2.27. The molecule has 0 bridgehead atoms. The van der Waals surface area contributed by atoms with Gasteiger partial charge in [-0.2, -0.15) is 0 Å². The van der Waals surface area contributed by atoms with Gasteiger partial charge in [0.2, 0.25) is 0 Å². The van der Waals surface area contributed by atoms with Gasteiger partial charge in [-0.3, -0.25) is 4.98 Å². The van der Waals surface area contributed by atoms with Crippen molar-refractivity contribution in [3.05, 3.63) is 28.5 Å². The average Bonchev–Trinajstić information content (AvgIpc) is 2.04. The second kappa shape index (κ2) is 3.98. The fraction of sp³-hybridized carbons (Fsp3) is 0.375. The molecule has 0 aliphatic rings. The van der Waals surface area contributed by atoms with Crippen LogP contribution in [0.1, 0.15) is 18.7 Å². The molecule has 3 nitrogen and oxygen atoms in total. The first-order valence-corrected chi connectivity index (χ1v) is 4.45. The lowest BCUT2D eigenvalue weighted by Gasteiger charge is -2.13. The fourth-order valence-electron chi connectivity index (χ4n) is 0.832. The van der Waals surface area contributed by atoms with E-state index >= 15 is 0 Å². The van der Waals surface area contributed by atoms with Crippen molar-refractivity contribution in [1.82, 2.24) is 4.98 Å². The summed E-state index contributed by atoms with van der Waals surface area (Å²) in [5, 5.41) is 9.17. The summed E-state index contributed by atoms with van der Waals surface area (Å²) in [6.07, 6.45) is 1.09. The highest BCUT2D eigenvalue weighted by Crippen LogP contribution is 2.14. The minimum absolute atomic E-state index is 0.405. The van der Waals surface area contributed by atoms with E-state index in [2.05, 4.69) is 20.9 Å². The Morgan fingerprint density at radius 2 is 2.25 bits per heavy atom. The maximum absolute atomic E-state index is 9.17. The third-order valence-electron chi connectivity index (χ3n) is 1.61. The smallest absolute Gasteiger partial charge is 0.0730 e. The van der Waals surface area contributed by atoms with Gasteiger partial charge in [0, 0.05) is 10.7 Å². The highest BCUT2D eigenvalue weighted by molar-refractivity contribution is 9.10. The summed E-state index contributed by atoms with van der Waals surface area (Å²) in [6, 6.07) is 3.24. The lowest BCUT2D eigenvalue weighted by atomic mass is 10.1. The molecule has 12 heavy (non-hydrogen) atoms. The molecule has 0 aliphatic carbocycles. The molecule has 0 radical (unpaired) electrons. The minimum Gasteiger partial charge on any atom is -0.391 e. The zero-order valence-corrected chi connectivity index (χ0v) is 8.32. The minimum atomic E-state index is -0.571.